The van der Waals surface area contributed by atoms with E-state index in [0.29, 0.717) is 10.0 Å². The quantitative estimate of drug-likeness (QED) is 0.863. The number of rotatable bonds is 3. The van der Waals surface area contributed by atoms with Gasteiger partial charge in [0.1, 0.15) is 0 Å². The van der Waals surface area contributed by atoms with E-state index in [1.54, 1.807) is 12.1 Å². The van der Waals surface area contributed by atoms with Gasteiger partial charge in [0.15, 0.2) is 0 Å². The van der Waals surface area contributed by atoms with Crippen LogP contribution in [-0.2, 0) is 5.41 Å². The Bertz CT molecular complexity index is 352. The smallest absolute Gasteiger partial charge is 0.0595 e. The van der Waals surface area contributed by atoms with Crippen LogP contribution in [-0.4, -0.2) is 17.8 Å². The second-order valence-corrected chi connectivity index (χ2v) is 4.95. The zero-order chi connectivity index (χ0) is 11.6. The first-order valence-electron chi connectivity index (χ1n) is 4.71. The summed E-state index contributed by atoms with van der Waals surface area (Å²) in [6.45, 7) is 3.87. The van der Waals surface area contributed by atoms with E-state index in [2.05, 4.69) is 0 Å². The van der Waals surface area contributed by atoms with Gasteiger partial charge in [-0.1, -0.05) is 43.1 Å². The van der Waals surface area contributed by atoms with Gasteiger partial charge in [-0.05, 0) is 17.7 Å². The monoisotopic (exact) mass is 247 g/mol. The third-order valence-corrected chi connectivity index (χ3v) is 3.53. The molecule has 4 heteroatoms. The van der Waals surface area contributed by atoms with Gasteiger partial charge in [0.25, 0.3) is 0 Å². The van der Waals surface area contributed by atoms with E-state index in [1.165, 1.54) is 0 Å². The summed E-state index contributed by atoms with van der Waals surface area (Å²) in [6.07, 6.45) is 0. The van der Waals surface area contributed by atoms with Gasteiger partial charge in [-0.2, -0.15) is 0 Å². The normalized spacial score (nSPS) is 14.0. The number of hydrogen-bond acceptors (Lipinski definition) is 2. The van der Waals surface area contributed by atoms with Gasteiger partial charge in [-0.25, -0.2) is 0 Å². The zero-order valence-electron chi connectivity index (χ0n) is 8.80. The fourth-order valence-corrected chi connectivity index (χ4v) is 1.64. The average Bonchev–Trinajstić information content (AvgIpc) is 2.20. The van der Waals surface area contributed by atoms with Gasteiger partial charge >= 0.3 is 0 Å². The predicted molar refractivity (Wildman–Crippen MR) is 64.5 cm³/mol. The van der Waals surface area contributed by atoms with Crippen molar-refractivity contribution >= 4 is 23.2 Å². The Morgan fingerprint density at radius 1 is 1.33 bits per heavy atom. The average molecular weight is 248 g/mol. The maximum atomic E-state index is 9.07. The Morgan fingerprint density at radius 2 is 1.93 bits per heavy atom. The van der Waals surface area contributed by atoms with E-state index < -0.39 is 0 Å². The van der Waals surface area contributed by atoms with Crippen LogP contribution in [0.15, 0.2) is 18.2 Å². The Hall–Kier alpha value is -0.280. The predicted octanol–water partition coefficient (Wildman–Crippen LogP) is 2.59. The van der Waals surface area contributed by atoms with E-state index in [4.69, 9.17) is 34.0 Å². The summed E-state index contributed by atoms with van der Waals surface area (Å²) >= 11 is 11.8. The third kappa shape index (κ3) is 2.64. The number of halogens is 2. The first-order valence-corrected chi connectivity index (χ1v) is 5.47. The summed E-state index contributed by atoms with van der Waals surface area (Å²) in [5.41, 5.74) is 6.49. The van der Waals surface area contributed by atoms with Crippen LogP contribution in [0.5, 0.6) is 0 Å². The molecule has 1 aromatic carbocycles. The van der Waals surface area contributed by atoms with Crippen LogP contribution >= 0.6 is 23.2 Å². The van der Waals surface area contributed by atoms with Crippen molar-refractivity contribution < 1.29 is 5.11 Å². The number of aliphatic hydroxyl groups is 1. The van der Waals surface area contributed by atoms with Gasteiger partial charge in [-0.15, -0.1) is 0 Å². The lowest BCUT2D eigenvalue weighted by molar-refractivity contribution is 0.220. The molecule has 84 valence electrons. The summed E-state index contributed by atoms with van der Waals surface area (Å²) < 4.78 is 0. The molecule has 2 nitrogen and oxygen atoms in total. The van der Waals surface area contributed by atoms with Crippen molar-refractivity contribution in [1.29, 1.82) is 0 Å². The highest BCUT2D eigenvalue weighted by Gasteiger charge is 2.28. The Balaban J connectivity index is 3.10. The molecule has 0 aromatic heterocycles. The highest BCUT2D eigenvalue weighted by atomic mass is 35.5. The summed E-state index contributed by atoms with van der Waals surface area (Å²) in [6, 6.07) is 5.09. The number of hydrogen-bond donors (Lipinski definition) is 2. The van der Waals surface area contributed by atoms with Crippen molar-refractivity contribution in [1.82, 2.24) is 0 Å². The number of benzene rings is 1. The molecule has 0 aliphatic carbocycles. The van der Waals surface area contributed by atoms with Crippen LogP contribution in [0.3, 0.4) is 0 Å². The third-order valence-electron chi connectivity index (χ3n) is 2.79. The summed E-state index contributed by atoms with van der Waals surface area (Å²) in [7, 11) is 0. The van der Waals surface area contributed by atoms with Crippen LogP contribution in [0, 0.1) is 0 Å². The molecule has 0 fully saturated rings. The molecule has 0 amide bonds. The number of nitrogens with two attached hydrogens (primary N) is 1. The van der Waals surface area contributed by atoms with Crippen molar-refractivity contribution in [2.24, 2.45) is 5.73 Å². The van der Waals surface area contributed by atoms with E-state index in [1.807, 2.05) is 19.9 Å². The first kappa shape index (κ1) is 12.8. The number of aliphatic hydroxyl groups excluding tert-OH is 1. The second kappa shape index (κ2) is 4.71. The molecule has 1 atom stereocenters. The minimum Gasteiger partial charge on any atom is -0.395 e. The van der Waals surface area contributed by atoms with Crippen molar-refractivity contribution in [2.75, 3.05) is 6.61 Å². The minimum absolute atomic E-state index is 0.0623. The lowest BCUT2D eigenvalue weighted by Crippen LogP contribution is -2.43. The highest BCUT2D eigenvalue weighted by Crippen LogP contribution is 2.31. The molecule has 0 heterocycles. The van der Waals surface area contributed by atoms with Gasteiger partial charge in [0.2, 0.25) is 0 Å². The SMILES string of the molecule is CC(C)(c1ccc(Cl)c(Cl)c1)C(N)CO. The first-order chi connectivity index (χ1) is 6.89. The van der Waals surface area contributed by atoms with Gasteiger partial charge in [0.05, 0.1) is 16.7 Å². The molecule has 1 rings (SSSR count). The highest BCUT2D eigenvalue weighted by molar-refractivity contribution is 6.42. The van der Waals surface area contributed by atoms with Gasteiger partial charge in [0, 0.05) is 11.5 Å². The molecule has 0 radical (unpaired) electrons. The maximum absolute atomic E-state index is 9.07. The van der Waals surface area contributed by atoms with Crippen molar-refractivity contribution in [3.05, 3.63) is 33.8 Å². The molecular weight excluding hydrogens is 233 g/mol. The van der Waals surface area contributed by atoms with E-state index in [-0.39, 0.29) is 18.1 Å². The van der Waals surface area contributed by atoms with Crippen molar-refractivity contribution in [3.63, 3.8) is 0 Å². The molecule has 15 heavy (non-hydrogen) atoms. The Kier molecular flexibility index (Phi) is 4.01. The molecule has 0 aliphatic rings. The zero-order valence-corrected chi connectivity index (χ0v) is 10.3. The molecule has 3 N–H and O–H groups in total. The minimum atomic E-state index is -0.330. The molecular formula is C11H15Cl2NO. The lowest BCUT2D eigenvalue weighted by atomic mass is 9.78. The summed E-state index contributed by atoms with van der Waals surface area (Å²) in [4.78, 5) is 0. The van der Waals surface area contributed by atoms with Crippen molar-refractivity contribution in [2.45, 2.75) is 25.3 Å². The van der Waals surface area contributed by atoms with Gasteiger partial charge < -0.3 is 10.8 Å². The van der Waals surface area contributed by atoms with E-state index >= 15 is 0 Å². The molecule has 1 aromatic rings. The van der Waals surface area contributed by atoms with Crippen LogP contribution < -0.4 is 5.73 Å². The van der Waals surface area contributed by atoms with Crippen LogP contribution in [0.2, 0.25) is 10.0 Å². The topological polar surface area (TPSA) is 46.2 Å². The van der Waals surface area contributed by atoms with E-state index in [9.17, 15) is 0 Å². The van der Waals surface area contributed by atoms with Crippen molar-refractivity contribution in [3.8, 4) is 0 Å². The lowest BCUT2D eigenvalue weighted by Gasteiger charge is -2.31. The molecule has 0 saturated carbocycles. The molecule has 1 unspecified atom stereocenters. The fourth-order valence-electron chi connectivity index (χ4n) is 1.34. The van der Waals surface area contributed by atoms with Gasteiger partial charge in [-0.3, -0.25) is 0 Å². The molecule has 0 aliphatic heterocycles. The largest absolute Gasteiger partial charge is 0.395 e. The van der Waals surface area contributed by atoms with Crippen LogP contribution in [0.4, 0.5) is 0 Å². The molecule has 0 bridgehead atoms. The summed E-state index contributed by atoms with van der Waals surface area (Å²) in [5.74, 6) is 0. The molecule has 0 spiro atoms. The van der Waals surface area contributed by atoms with E-state index in [0.717, 1.165) is 5.56 Å². The van der Waals surface area contributed by atoms with Crippen LogP contribution in [0.25, 0.3) is 0 Å². The standard InChI is InChI=1S/C11H15Cl2NO/c1-11(2,10(14)6-15)7-3-4-8(12)9(13)5-7/h3-5,10,15H,6,14H2,1-2H3. The Morgan fingerprint density at radius 3 is 2.40 bits per heavy atom. The molecule has 0 saturated heterocycles. The second-order valence-electron chi connectivity index (χ2n) is 4.14. The van der Waals surface area contributed by atoms with Crippen LogP contribution in [0.1, 0.15) is 19.4 Å². The Labute approximate surface area is 100.0 Å². The maximum Gasteiger partial charge on any atom is 0.0595 e. The summed E-state index contributed by atoms with van der Waals surface area (Å²) in [5, 5.41) is 10.1. The fraction of sp³-hybridized carbons (Fsp3) is 0.455.